The summed E-state index contributed by atoms with van der Waals surface area (Å²) >= 11 is 1.31. The van der Waals surface area contributed by atoms with E-state index in [1.54, 1.807) is 51.7 Å². The number of anilines is 1. The Morgan fingerprint density at radius 2 is 1.62 bits per heavy atom. The van der Waals surface area contributed by atoms with Crippen LogP contribution in [0, 0.1) is 0 Å². The lowest BCUT2D eigenvalue weighted by atomic mass is 10.1. The molecule has 0 unspecified atom stereocenters. The second-order valence-corrected chi connectivity index (χ2v) is 6.88. The zero-order chi connectivity index (χ0) is 20.6. The molecule has 0 aliphatic carbocycles. The van der Waals surface area contributed by atoms with Crippen LogP contribution in [0.3, 0.4) is 0 Å². The molecule has 1 N–H and O–H groups in total. The summed E-state index contributed by atoms with van der Waals surface area (Å²) in [5.41, 5.74) is 2.20. The Balaban J connectivity index is 1.59. The van der Waals surface area contributed by atoms with Gasteiger partial charge >= 0.3 is 0 Å². The van der Waals surface area contributed by atoms with Crippen LogP contribution in [-0.4, -0.2) is 43.2 Å². The molecule has 0 fully saturated rings. The largest absolute Gasteiger partial charge is 0.497 e. The number of carbonyl (C=O) groups excluding carboxylic acids is 1. The maximum absolute atomic E-state index is 12.1. The highest BCUT2D eigenvalue weighted by Crippen LogP contribution is 2.32. The van der Waals surface area contributed by atoms with Gasteiger partial charge in [0.1, 0.15) is 22.3 Å². The Labute approximate surface area is 173 Å². The summed E-state index contributed by atoms with van der Waals surface area (Å²) in [6.45, 7) is 0. The summed E-state index contributed by atoms with van der Waals surface area (Å²) in [4.78, 5) is 12.1. The van der Waals surface area contributed by atoms with Crippen LogP contribution >= 0.6 is 11.8 Å². The van der Waals surface area contributed by atoms with Crippen molar-refractivity contribution in [1.29, 1.82) is 0 Å². The lowest BCUT2D eigenvalue weighted by Crippen LogP contribution is -2.14. The Morgan fingerprint density at radius 1 is 0.897 bits per heavy atom. The average molecular weight is 411 g/mol. The van der Waals surface area contributed by atoms with Crippen molar-refractivity contribution < 1.29 is 19.0 Å². The monoisotopic (exact) mass is 411 g/mol. The molecular weight excluding hydrogens is 390 g/mol. The summed E-state index contributed by atoms with van der Waals surface area (Å²) in [5.74, 6) is 2.20. The predicted octanol–water partition coefficient (Wildman–Crippen LogP) is 3.90. The number of hydrogen-bond acceptors (Lipinski definition) is 7. The topological polar surface area (TPSA) is 82.6 Å². The van der Waals surface area contributed by atoms with Crippen molar-refractivity contribution in [3.8, 4) is 28.5 Å². The van der Waals surface area contributed by atoms with Crippen LogP contribution in [0.1, 0.15) is 0 Å². The fraction of sp³-hybridized carbons (Fsp3) is 0.190. The fourth-order valence-electron chi connectivity index (χ4n) is 2.56. The molecule has 0 spiro atoms. The summed E-state index contributed by atoms with van der Waals surface area (Å²) in [6.07, 6.45) is 0. The lowest BCUT2D eigenvalue weighted by molar-refractivity contribution is -0.113. The van der Waals surface area contributed by atoms with Gasteiger partial charge in [-0.1, -0.05) is 11.8 Å². The number of nitrogens with one attached hydrogen (secondary N) is 1. The third-order valence-electron chi connectivity index (χ3n) is 4.05. The molecule has 7 nitrogen and oxygen atoms in total. The second kappa shape index (κ2) is 9.79. The summed E-state index contributed by atoms with van der Waals surface area (Å²) in [7, 11) is 4.80. The van der Waals surface area contributed by atoms with E-state index in [9.17, 15) is 4.79 Å². The van der Waals surface area contributed by atoms with Gasteiger partial charge in [0.05, 0.1) is 32.8 Å². The standard InChI is InChI=1S/C21H21N3O4S/c1-26-15-6-4-14(5-7-15)22-20(25)13-29-21-11-10-18(23-24-21)17-9-8-16(27-2)12-19(17)28-3/h4-12H,13H2,1-3H3,(H,22,25). The fourth-order valence-corrected chi connectivity index (χ4v) is 3.18. The Bertz CT molecular complexity index is 963. The molecule has 1 aromatic heterocycles. The van der Waals surface area contributed by atoms with Gasteiger partial charge in [-0.2, -0.15) is 0 Å². The van der Waals surface area contributed by atoms with Gasteiger partial charge in [-0.3, -0.25) is 4.79 Å². The highest BCUT2D eigenvalue weighted by atomic mass is 32.2. The minimum absolute atomic E-state index is 0.122. The molecule has 2 aromatic carbocycles. The van der Waals surface area contributed by atoms with Crippen molar-refractivity contribution >= 4 is 23.4 Å². The molecule has 8 heteroatoms. The van der Waals surface area contributed by atoms with Crippen molar-refractivity contribution in [2.24, 2.45) is 0 Å². The second-order valence-electron chi connectivity index (χ2n) is 5.89. The zero-order valence-electron chi connectivity index (χ0n) is 16.3. The molecular formula is C21H21N3O4S. The Hall–Kier alpha value is -3.26. The average Bonchev–Trinajstić information content (AvgIpc) is 2.78. The molecule has 0 atom stereocenters. The number of benzene rings is 2. The summed E-state index contributed by atoms with van der Waals surface area (Å²) in [5, 5.41) is 12.0. The van der Waals surface area contributed by atoms with Gasteiger partial charge in [0.25, 0.3) is 0 Å². The van der Waals surface area contributed by atoms with E-state index in [2.05, 4.69) is 15.5 Å². The summed E-state index contributed by atoms with van der Waals surface area (Å²) < 4.78 is 15.7. The van der Waals surface area contributed by atoms with Gasteiger partial charge in [0.2, 0.25) is 5.91 Å². The molecule has 150 valence electrons. The maximum Gasteiger partial charge on any atom is 0.234 e. The number of amides is 1. The Kier molecular flexibility index (Phi) is 6.91. The van der Waals surface area contributed by atoms with E-state index in [1.807, 2.05) is 24.3 Å². The van der Waals surface area contributed by atoms with Crippen LogP contribution in [0.25, 0.3) is 11.3 Å². The molecule has 0 aliphatic heterocycles. The minimum Gasteiger partial charge on any atom is -0.497 e. The van der Waals surface area contributed by atoms with Crippen molar-refractivity contribution in [2.45, 2.75) is 5.03 Å². The summed E-state index contributed by atoms with van der Waals surface area (Å²) in [6, 6.07) is 16.3. The van der Waals surface area contributed by atoms with Crippen LogP contribution in [0.15, 0.2) is 59.6 Å². The van der Waals surface area contributed by atoms with Crippen LogP contribution < -0.4 is 19.5 Å². The molecule has 0 aliphatic rings. The quantitative estimate of drug-likeness (QED) is 0.563. The van der Waals surface area contributed by atoms with Crippen molar-refractivity contribution in [3.05, 3.63) is 54.6 Å². The number of carbonyl (C=O) groups is 1. The van der Waals surface area contributed by atoms with Gasteiger partial charge in [-0.05, 0) is 48.5 Å². The van der Waals surface area contributed by atoms with Crippen LogP contribution in [-0.2, 0) is 4.79 Å². The molecule has 29 heavy (non-hydrogen) atoms. The zero-order valence-corrected chi connectivity index (χ0v) is 17.2. The molecule has 0 radical (unpaired) electrons. The van der Waals surface area contributed by atoms with E-state index in [1.165, 1.54) is 11.8 Å². The molecule has 3 aromatic rings. The number of aromatic nitrogens is 2. The van der Waals surface area contributed by atoms with E-state index in [0.29, 0.717) is 27.9 Å². The number of hydrogen-bond donors (Lipinski definition) is 1. The predicted molar refractivity (Wildman–Crippen MR) is 113 cm³/mol. The first-order valence-electron chi connectivity index (χ1n) is 8.75. The smallest absolute Gasteiger partial charge is 0.234 e. The SMILES string of the molecule is COc1ccc(NC(=O)CSc2ccc(-c3ccc(OC)cc3OC)nn2)cc1. The molecule has 1 heterocycles. The van der Waals surface area contributed by atoms with Crippen molar-refractivity contribution in [1.82, 2.24) is 10.2 Å². The van der Waals surface area contributed by atoms with Gasteiger partial charge in [0, 0.05) is 17.3 Å². The molecule has 0 bridgehead atoms. The van der Waals surface area contributed by atoms with E-state index in [-0.39, 0.29) is 11.7 Å². The number of thioether (sulfide) groups is 1. The van der Waals surface area contributed by atoms with Crippen molar-refractivity contribution in [2.75, 3.05) is 32.4 Å². The number of methoxy groups -OCH3 is 3. The van der Waals surface area contributed by atoms with Gasteiger partial charge in [-0.25, -0.2) is 0 Å². The maximum atomic E-state index is 12.1. The van der Waals surface area contributed by atoms with Gasteiger partial charge < -0.3 is 19.5 Å². The molecule has 0 saturated carbocycles. The van der Waals surface area contributed by atoms with Gasteiger partial charge in [0.15, 0.2) is 0 Å². The molecule has 1 amide bonds. The highest BCUT2D eigenvalue weighted by molar-refractivity contribution is 7.99. The lowest BCUT2D eigenvalue weighted by Gasteiger charge is -2.10. The number of rotatable bonds is 8. The first-order valence-corrected chi connectivity index (χ1v) is 9.74. The first kappa shape index (κ1) is 20.5. The minimum atomic E-state index is -0.122. The van der Waals surface area contributed by atoms with E-state index in [4.69, 9.17) is 14.2 Å². The van der Waals surface area contributed by atoms with E-state index >= 15 is 0 Å². The van der Waals surface area contributed by atoms with Gasteiger partial charge in [-0.15, -0.1) is 10.2 Å². The van der Waals surface area contributed by atoms with E-state index in [0.717, 1.165) is 11.3 Å². The van der Waals surface area contributed by atoms with Crippen LogP contribution in [0.5, 0.6) is 17.2 Å². The highest BCUT2D eigenvalue weighted by Gasteiger charge is 2.11. The molecule has 3 rings (SSSR count). The number of nitrogens with zero attached hydrogens (tertiary/aromatic N) is 2. The molecule has 0 saturated heterocycles. The van der Waals surface area contributed by atoms with Crippen LogP contribution in [0.4, 0.5) is 5.69 Å². The third kappa shape index (κ3) is 5.39. The number of ether oxygens (including phenoxy) is 3. The third-order valence-corrected chi connectivity index (χ3v) is 4.97. The van der Waals surface area contributed by atoms with E-state index < -0.39 is 0 Å². The van der Waals surface area contributed by atoms with Crippen molar-refractivity contribution in [3.63, 3.8) is 0 Å². The Morgan fingerprint density at radius 3 is 2.24 bits per heavy atom. The van der Waals surface area contributed by atoms with Crippen LogP contribution in [0.2, 0.25) is 0 Å². The normalized spacial score (nSPS) is 10.3. The first-order chi connectivity index (χ1) is 14.1.